The summed E-state index contributed by atoms with van der Waals surface area (Å²) in [5, 5.41) is 12.7. The molecule has 10 heteroatoms. The van der Waals surface area contributed by atoms with Crippen molar-refractivity contribution in [3.63, 3.8) is 0 Å². The molecular formula is C28H36N4O5S. The largest absolute Gasteiger partial charge is 0.481 e. The second-order valence-electron chi connectivity index (χ2n) is 8.82. The minimum atomic E-state index is -3.83. The van der Waals surface area contributed by atoms with Gasteiger partial charge in [-0.3, -0.25) is 4.79 Å². The maximum Gasteiger partial charge on any atom is 0.304 e. The van der Waals surface area contributed by atoms with Crippen molar-refractivity contribution in [3.8, 4) is 5.88 Å². The van der Waals surface area contributed by atoms with Gasteiger partial charge in [0.05, 0.1) is 17.8 Å². The summed E-state index contributed by atoms with van der Waals surface area (Å²) in [5.74, 6) is -1.29. The lowest BCUT2D eigenvalue weighted by atomic mass is 9.84. The first-order valence-electron chi connectivity index (χ1n) is 12.6. The van der Waals surface area contributed by atoms with E-state index in [0.717, 1.165) is 33.5 Å². The molecule has 0 aliphatic carbocycles. The maximum atomic E-state index is 13.4. The molecule has 1 aliphatic heterocycles. The highest BCUT2D eigenvalue weighted by atomic mass is 32.2. The minimum absolute atomic E-state index is 0.0378. The zero-order chi connectivity index (χ0) is 28.0. The number of fused-ring (bicyclic) bond motifs is 1. The van der Waals surface area contributed by atoms with E-state index in [4.69, 9.17) is 10.5 Å². The van der Waals surface area contributed by atoms with E-state index in [1.807, 2.05) is 58.0 Å². The topological polar surface area (TPSA) is 135 Å². The number of benzene rings is 2. The van der Waals surface area contributed by atoms with Crippen molar-refractivity contribution in [2.45, 2.75) is 51.5 Å². The molecule has 204 valence electrons. The number of nitrogens with one attached hydrogen (secondary N) is 1. The first-order chi connectivity index (χ1) is 18.1. The average molecular weight is 541 g/mol. The predicted octanol–water partition coefficient (Wildman–Crippen LogP) is 4.54. The lowest BCUT2D eigenvalue weighted by Gasteiger charge is -2.24. The van der Waals surface area contributed by atoms with E-state index in [1.165, 1.54) is 16.6 Å². The Morgan fingerprint density at radius 1 is 1.21 bits per heavy atom. The van der Waals surface area contributed by atoms with Gasteiger partial charge in [0.25, 0.3) is 0 Å². The van der Waals surface area contributed by atoms with Crippen molar-refractivity contribution in [1.29, 1.82) is 0 Å². The molecule has 0 bridgehead atoms. The molecule has 2 aromatic carbocycles. The summed E-state index contributed by atoms with van der Waals surface area (Å²) in [5.41, 5.74) is 11.8. The van der Waals surface area contributed by atoms with Crippen LogP contribution >= 0.6 is 0 Å². The van der Waals surface area contributed by atoms with Gasteiger partial charge >= 0.3 is 5.97 Å². The van der Waals surface area contributed by atoms with Crippen LogP contribution in [0.1, 0.15) is 54.0 Å². The molecule has 0 spiro atoms. The van der Waals surface area contributed by atoms with Crippen LogP contribution in [0.4, 0.5) is 11.4 Å². The molecule has 0 amide bonds. The third kappa shape index (κ3) is 5.92. The Hall–Kier alpha value is -3.63. The highest BCUT2D eigenvalue weighted by Gasteiger charge is 2.32. The number of aromatic nitrogens is 1. The number of pyridine rings is 1. The SMILES string of the molecule is CC.CNc1ccc(C(CC(=O)O)c2ccc(C)c(CN3CCOc4ncccc4S3(=O)=O)c2)c(C)c1N. The molecule has 0 fully saturated rings. The van der Waals surface area contributed by atoms with Crippen molar-refractivity contribution in [1.82, 2.24) is 9.29 Å². The fourth-order valence-electron chi connectivity index (χ4n) is 4.54. The molecule has 4 N–H and O–H groups in total. The normalized spacial score (nSPS) is 15.2. The predicted molar refractivity (Wildman–Crippen MR) is 149 cm³/mol. The van der Waals surface area contributed by atoms with Gasteiger partial charge in [-0.15, -0.1) is 0 Å². The van der Waals surface area contributed by atoms with Gasteiger partial charge in [-0.2, -0.15) is 4.31 Å². The van der Waals surface area contributed by atoms with Crippen molar-refractivity contribution in [2.24, 2.45) is 0 Å². The summed E-state index contributed by atoms with van der Waals surface area (Å²) in [4.78, 5) is 15.9. The summed E-state index contributed by atoms with van der Waals surface area (Å²) in [6.45, 7) is 8.26. The number of carboxylic acids is 1. The number of carbonyl (C=O) groups is 1. The summed E-state index contributed by atoms with van der Waals surface area (Å²) in [6, 6.07) is 12.5. The molecule has 1 aromatic heterocycles. The molecule has 1 atom stereocenters. The van der Waals surface area contributed by atoms with E-state index in [-0.39, 0.29) is 36.9 Å². The van der Waals surface area contributed by atoms with Crippen LogP contribution in [0.25, 0.3) is 0 Å². The number of anilines is 2. The Balaban J connectivity index is 0.00000195. The third-order valence-electron chi connectivity index (χ3n) is 6.64. The maximum absolute atomic E-state index is 13.4. The summed E-state index contributed by atoms with van der Waals surface area (Å²) >= 11 is 0. The molecule has 3 aromatic rings. The van der Waals surface area contributed by atoms with Gasteiger partial charge in [-0.1, -0.05) is 38.1 Å². The van der Waals surface area contributed by atoms with E-state index in [1.54, 1.807) is 13.1 Å². The van der Waals surface area contributed by atoms with Crippen molar-refractivity contribution in [2.75, 3.05) is 31.2 Å². The lowest BCUT2D eigenvalue weighted by Crippen LogP contribution is -2.32. The Morgan fingerprint density at radius 3 is 2.63 bits per heavy atom. The minimum Gasteiger partial charge on any atom is -0.481 e. The van der Waals surface area contributed by atoms with Crippen LogP contribution in [-0.2, 0) is 21.4 Å². The zero-order valence-electron chi connectivity index (χ0n) is 22.5. The molecule has 0 saturated heterocycles. The number of sulfonamides is 1. The molecule has 38 heavy (non-hydrogen) atoms. The third-order valence-corrected chi connectivity index (χ3v) is 8.49. The summed E-state index contributed by atoms with van der Waals surface area (Å²) in [6.07, 6.45) is 1.37. The quantitative estimate of drug-likeness (QED) is 0.372. The van der Waals surface area contributed by atoms with Crippen LogP contribution in [0.3, 0.4) is 0 Å². The Labute approximate surface area is 224 Å². The standard InChI is InChI=1S/C26H30N4O5S.C2H6/c1-16-6-7-18(21(14-24(31)32)20-8-9-22(28-3)25(27)17(20)2)13-19(16)15-30-11-12-35-26-23(36(30,33)34)5-4-10-29-26;1-2/h4-10,13,21,28H,11-12,14-15,27H2,1-3H3,(H,31,32);1-2H3. The van der Waals surface area contributed by atoms with Gasteiger partial charge < -0.3 is 20.9 Å². The molecule has 4 rings (SSSR count). The van der Waals surface area contributed by atoms with Crippen molar-refractivity contribution < 1.29 is 23.1 Å². The first kappa shape index (κ1) is 28.9. The highest BCUT2D eigenvalue weighted by Crippen LogP contribution is 2.37. The van der Waals surface area contributed by atoms with E-state index < -0.39 is 21.9 Å². The molecule has 2 heterocycles. The van der Waals surface area contributed by atoms with Gasteiger partial charge in [0.15, 0.2) is 0 Å². The molecule has 9 nitrogen and oxygen atoms in total. The van der Waals surface area contributed by atoms with Crippen LogP contribution in [-0.4, -0.2) is 49.0 Å². The van der Waals surface area contributed by atoms with E-state index in [9.17, 15) is 18.3 Å². The van der Waals surface area contributed by atoms with Gasteiger partial charge in [-0.05, 0) is 59.9 Å². The molecule has 1 unspecified atom stereocenters. The number of nitrogens with two attached hydrogens (primary N) is 1. The highest BCUT2D eigenvalue weighted by molar-refractivity contribution is 7.89. The Kier molecular flexibility index (Phi) is 9.35. The number of nitrogens with zero attached hydrogens (tertiary/aromatic N) is 2. The number of carboxylic acid groups (broad SMARTS) is 1. The van der Waals surface area contributed by atoms with Crippen LogP contribution < -0.4 is 15.8 Å². The second-order valence-corrected chi connectivity index (χ2v) is 10.7. The molecule has 0 radical (unpaired) electrons. The average Bonchev–Trinajstić information content (AvgIpc) is 3.02. The molecule has 1 aliphatic rings. The second kappa shape index (κ2) is 12.3. The fraction of sp³-hybridized carbons (Fsp3) is 0.357. The number of hydrogen-bond donors (Lipinski definition) is 3. The van der Waals surface area contributed by atoms with Gasteiger partial charge in [-0.25, -0.2) is 13.4 Å². The van der Waals surface area contributed by atoms with Crippen LogP contribution in [0.15, 0.2) is 53.6 Å². The van der Waals surface area contributed by atoms with Gasteiger partial charge in [0, 0.05) is 32.3 Å². The summed E-state index contributed by atoms with van der Waals surface area (Å²) in [7, 11) is -2.05. The Morgan fingerprint density at radius 2 is 1.95 bits per heavy atom. The van der Waals surface area contributed by atoms with E-state index in [0.29, 0.717) is 5.69 Å². The van der Waals surface area contributed by atoms with Crippen LogP contribution in [0.2, 0.25) is 0 Å². The number of aliphatic carboxylic acids is 1. The van der Waals surface area contributed by atoms with Crippen LogP contribution in [0, 0.1) is 13.8 Å². The lowest BCUT2D eigenvalue weighted by molar-refractivity contribution is -0.137. The number of rotatable bonds is 7. The monoisotopic (exact) mass is 540 g/mol. The molecule has 0 saturated carbocycles. The van der Waals surface area contributed by atoms with Gasteiger partial charge in [0.2, 0.25) is 15.9 Å². The van der Waals surface area contributed by atoms with Gasteiger partial charge in [0.1, 0.15) is 11.5 Å². The number of hydrogen-bond acceptors (Lipinski definition) is 7. The zero-order valence-corrected chi connectivity index (χ0v) is 23.3. The first-order valence-corrected chi connectivity index (χ1v) is 14.0. The number of nitrogen functional groups attached to an aromatic ring is 1. The summed E-state index contributed by atoms with van der Waals surface area (Å²) < 4.78 is 33.7. The van der Waals surface area contributed by atoms with Crippen LogP contribution in [0.5, 0.6) is 5.88 Å². The molecular weight excluding hydrogens is 504 g/mol. The van der Waals surface area contributed by atoms with E-state index in [2.05, 4.69) is 10.3 Å². The van der Waals surface area contributed by atoms with Crippen molar-refractivity contribution >= 4 is 27.4 Å². The fourth-order valence-corrected chi connectivity index (χ4v) is 6.02. The number of ether oxygens (including phenoxy) is 1. The number of aryl methyl sites for hydroxylation is 1. The Bertz CT molecular complexity index is 1410. The van der Waals surface area contributed by atoms with E-state index >= 15 is 0 Å². The van der Waals surface area contributed by atoms with Crippen molar-refractivity contribution in [3.05, 3.63) is 76.5 Å². The smallest absolute Gasteiger partial charge is 0.304 e.